The summed E-state index contributed by atoms with van der Waals surface area (Å²) in [5.41, 5.74) is 0. The molecule has 0 aromatic carbocycles. The number of phosphoric acid groups is 1. The zero-order valence-electron chi connectivity index (χ0n) is 30.1. The van der Waals surface area contributed by atoms with Gasteiger partial charge in [0.05, 0.1) is 6.61 Å². The Morgan fingerprint density at radius 3 is 1.44 bits per heavy atom. The highest BCUT2D eigenvalue weighted by Crippen LogP contribution is 2.35. The summed E-state index contributed by atoms with van der Waals surface area (Å²) < 4.78 is 26.2. The van der Waals surface area contributed by atoms with E-state index >= 15 is 0 Å². The lowest BCUT2D eigenvalue weighted by Gasteiger charge is -2.18. The van der Waals surface area contributed by atoms with Crippen molar-refractivity contribution < 1.29 is 37.9 Å². The Labute approximate surface area is 292 Å². The molecular formula is C39H67O8P. The fraction of sp³-hybridized carbons (Fsp3) is 0.692. The van der Waals surface area contributed by atoms with Gasteiger partial charge in [-0.05, 0) is 83.5 Å². The number of esters is 2. The van der Waals surface area contributed by atoms with Gasteiger partial charge in [0, 0.05) is 12.8 Å². The zero-order chi connectivity index (χ0) is 35.4. The molecule has 0 rings (SSSR count). The zero-order valence-corrected chi connectivity index (χ0v) is 31.0. The van der Waals surface area contributed by atoms with Gasteiger partial charge in [0.1, 0.15) is 6.61 Å². The number of rotatable bonds is 33. The first-order valence-corrected chi connectivity index (χ1v) is 20.1. The SMILES string of the molecule is CCCCC/C=C/C/C=C/C/C=C/CCCCC(=O)O[C@H](COC(=O)CCCC/C=C/C/C=C/CCCCCCCC)COP(=O)(O)O. The molecule has 0 aliphatic rings. The molecule has 0 amide bonds. The van der Waals surface area contributed by atoms with Gasteiger partial charge in [-0.1, -0.05) is 120 Å². The highest BCUT2D eigenvalue weighted by molar-refractivity contribution is 7.46. The van der Waals surface area contributed by atoms with Crippen LogP contribution in [-0.4, -0.2) is 41.0 Å². The quantitative estimate of drug-likeness (QED) is 0.0301. The van der Waals surface area contributed by atoms with Crippen molar-refractivity contribution in [3.8, 4) is 0 Å². The van der Waals surface area contributed by atoms with E-state index in [0.717, 1.165) is 57.8 Å². The van der Waals surface area contributed by atoms with E-state index in [0.29, 0.717) is 12.8 Å². The molecule has 2 N–H and O–H groups in total. The Balaban J connectivity index is 4.12. The topological polar surface area (TPSA) is 119 Å². The first-order chi connectivity index (χ1) is 23.3. The maximum absolute atomic E-state index is 12.3. The highest BCUT2D eigenvalue weighted by atomic mass is 31.2. The fourth-order valence-corrected chi connectivity index (χ4v) is 5.06. The molecule has 0 unspecified atom stereocenters. The largest absolute Gasteiger partial charge is 0.469 e. The number of unbranched alkanes of at least 4 members (excludes halogenated alkanes) is 13. The standard InChI is InChI=1S/C39H67O8P/c1-3-5-7-9-11-13-15-17-19-21-23-25-27-29-31-33-38(40)45-35-37(36-46-48(42,43)44)47-39(41)34-32-30-28-26-24-22-20-18-16-14-12-10-8-6-4-2/h12,14,17-20,23-26,37H,3-11,13,15-16,21-22,27-36H2,1-2H3,(H2,42,43,44)/b14-12+,19-17+,20-18+,25-23+,26-24+/t37-/m1/s1. The first kappa shape index (κ1) is 45.8. The lowest BCUT2D eigenvalue weighted by Crippen LogP contribution is -2.29. The van der Waals surface area contributed by atoms with Gasteiger partial charge in [-0.2, -0.15) is 0 Å². The number of ether oxygens (including phenoxy) is 2. The molecule has 0 aromatic heterocycles. The number of carbonyl (C=O) groups is 2. The van der Waals surface area contributed by atoms with E-state index in [2.05, 4.69) is 79.1 Å². The normalized spacial score (nSPS) is 13.2. The molecule has 0 radical (unpaired) electrons. The van der Waals surface area contributed by atoms with Crippen molar-refractivity contribution in [1.29, 1.82) is 0 Å². The smallest absolute Gasteiger partial charge is 0.462 e. The Hall–Kier alpha value is -2.25. The third kappa shape index (κ3) is 36.6. The Bertz CT molecular complexity index is 963. The van der Waals surface area contributed by atoms with Crippen molar-refractivity contribution >= 4 is 19.8 Å². The third-order valence-electron chi connectivity index (χ3n) is 7.51. The number of phosphoric ester groups is 1. The van der Waals surface area contributed by atoms with Crippen LogP contribution < -0.4 is 0 Å². The molecular weight excluding hydrogens is 627 g/mol. The minimum atomic E-state index is -4.77. The average Bonchev–Trinajstić information content (AvgIpc) is 3.05. The monoisotopic (exact) mass is 694 g/mol. The van der Waals surface area contributed by atoms with Crippen molar-refractivity contribution in [2.75, 3.05) is 13.2 Å². The van der Waals surface area contributed by atoms with E-state index in [1.54, 1.807) is 0 Å². The van der Waals surface area contributed by atoms with Crippen LogP contribution in [0.1, 0.15) is 155 Å². The first-order valence-electron chi connectivity index (χ1n) is 18.6. The van der Waals surface area contributed by atoms with Gasteiger partial charge >= 0.3 is 19.8 Å². The average molecular weight is 695 g/mol. The second kappa shape index (κ2) is 34.6. The van der Waals surface area contributed by atoms with E-state index in [4.69, 9.17) is 19.3 Å². The number of hydrogen-bond donors (Lipinski definition) is 2. The molecule has 8 nitrogen and oxygen atoms in total. The van der Waals surface area contributed by atoms with Crippen LogP contribution in [0.25, 0.3) is 0 Å². The predicted molar refractivity (Wildman–Crippen MR) is 197 cm³/mol. The van der Waals surface area contributed by atoms with Gasteiger partial charge in [0.25, 0.3) is 0 Å². The van der Waals surface area contributed by atoms with E-state index in [1.165, 1.54) is 57.8 Å². The summed E-state index contributed by atoms with van der Waals surface area (Å²) >= 11 is 0. The molecule has 276 valence electrons. The predicted octanol–water partition coefficient (Wildman–Crippen LogP) is 11.0. The van der Waals surface area contributed by atoms with Gasteiger partial charge in [-0.25, -0.2) is 4.57 Å². The van der Waals surface area contributed by atoms with E-state index in [-0.39, 0.29) is 19.4 Å². The fourth-order valence-electron chi connectivity index (χ4n) is 4.70. The lowest BCUT2D eigenvalue weighted by molar-refractivity contribution is -0.161. The van der Waals surface area contributed by atoms with Gasteiger partial charge in [-0.15, -0.1) is 0 Å². The van der Waals surface area contributed by atoms with E-state index < -0.39 is 32.5 Å². The minimum absolute atomic E-state index is 0.154. The molecule has 0 saturated carbocycles. The number of allylic oxidation sites excluding steroid dienone is 10. The molecule has 9 heteroatoms. The summed E-state index contributed by atoms with van der Waals surface area (Å²) in [5, 5.41) is 0. The van der Waals surface area contributed by atoms with Crippen LogP contribution in [0.15, 0.2) is 60.8 Å². The summed E-state index contributed by atoms with van der Waals surface area (Å²) in [6.45, 7) is 3.56. The van der Waals surface area contributed by atoms with Gasteiger partial charge in [-0.3, -0.25) is 14.1 Å². The van der Waals surface area contributed by atoms with Gasteiger partial charge < -0.3 is 19.3 Å². The summed E-state index contributed by atoms with van der Waals surface area (Å²) in [4.78, 5) is 42.6. The van der Waals surface area contributed by atoms with Gasteiger partial charge in [0.15, 0.2) is 6.10 Å². The van der Waals surface area contributed by atoms with Crippen LogP contribution in [0.2, 0.25) is 0 Å². The van der Waals surface area contributed by atoms with Crippen LogP contribution in [0, 0.1) is 0 Å². The van der Waals surface area contributed by atoms with Crippen molar-refractivity contribution in [3.63, 3.8) is 0 Å². The van der Waals surface area contributed by atoms with Crippen LogP contribution in [-0.2, 0) is 28.2 Å². The van der Waals surface area contributed by atoms with Crippen molar-refractivity contribution in [2.45, 2.75) is 161 Å². The Kier molecular flexibility index (Phi) is 33.0. The maximum atomic E-state index is 12.3. The number of hydrogen-bond acceptors (Lipinski definition) is 6. The minimum Gasteiger partial charge on any atom is -0.462 e. The Morgan fingerprint density at radius 1 is 0.542 bits per heavy atom. The Morgan fingerprint density at radius 2 is 0.938 bits per heavy atom. The van der Waals surface area contributed by atoms with Crippen LogP contribution in [0.4, 0.5) is 0 Å². The molecule has 0 saturated heterocycles. The van der Waals surface area contributed by atoms with Crippen LogP contribution in [0.5, 0.6) is 0 Å². The van der Waals surface area contributed by atoms with E-state index in [9.17, 15) is 14.2 Å². The lowest BCUT2D eigenvalue weighted by atomic mass is 10.1. The van der Waals surface area contributed by atoms with Crippen molar-refractivity contribution in [2.24, 2.45) is 0 Å². The molecule has 0 aliphatic carbocycles. The van der Waals surface area contributed by atoms with Crippen LogP contribution in [0.3, 0.4) is 0 Å². The molecule has 0 aliphatic heterocycles. The highest BCUT2D eigenvalue weighted by Gasteiger charge is 2.22. The van der Waals surface area contributed by atoms with Crippen LogP contribution >= 0.6 is 7.82 Å². The van der Waals surface area contributed by atoms with Crippen molar-refractivity contribution in [3.05, 3.63) is 60.8 Å². The molecule has 1 atom stereocenters. The van der Waals surface area contributed by atoms with Gasteiger partial charge in [0.2, 0.25) is 0 Å². The second-order valence-corrected chi connectivity index (χ2v) is 13.4. The summed E-state index contributed by atoms with van der Waals surface area (Å²) in [6.07, 6.45) is 42.3. The summed E-state index contributed by atoms with van der Waals surface area (Å²) in [5.74, 6) is -0.974. The molecule has 0 fully saturated rings. The summed E-state index contributed by atoms with van der Waals surface area (Å²) in [7, 11) is -4.77. The third-order valence-corrected chi connectivity index (χ3v) is 7.99. The molecule has 48 heavy (non-hydrogen) atoms. The molecule has 0 aromatic rings. The molecule has 0 spiro atoms. The summed E-state index contributed by atoms with van der Waals surface area (Å²) in [6, 6.07) is 0. The second-order valence-electron chi connectivity index (χ2n) is 12.2. The van der Waals surface area contributed by atoms with Crippen molar-refractivity contribution in [1.82, 2.24) is 0 Å². The molecule has 0 heterocycles. The molecule has 0 bridgehead atoms. The number of carbonyl (C=O) groups excluding carboxylic acids is 2. The maximum Gasteiger partial charge on any atom is 0.469 e. The van der Waals surface area contributed by atoms with E-state index in [1.807, 2.05) is 0 Å².